The van der Waals surface area contributed by atoms with E-state index in [0.717, 1.165) is 0 Å². The van der Waals surface area contributed by atoms with E-state index in [2.05, 4.69) is 20.2 Å². The fourth-order valence-corrected chi connectivity index (χ4v) is 2.72. The van der Waals surface area contributed by atoms with Crippen LogP contribution in [0.15, 0.2) is 46.5 Å². The third kappa shape index (κ3) is 5.41. The van der Waals surface area contributed by atoms with E-state index >= 15 is 0 Å². The Kier molecular flexibility index (Phi) is 6.28. The minimum atomic E-state index is -3.63. The first-order valence-electron chi connectivity index (χ1n) is 7.18. The van der Waals surface area contributed by atoms with E-state index in [-0.39, 0.29) is 29.5 Å². The molecule has 1 aromatic carbocycles. The summed E-state index contributed by atoms with van der Waals surface area (Å²) in [6, 6.07) is 7.11. The number of methoxy groups -OCH3 is 1. The number of sulfonamides is 1. The van der Waals surface area contributed by atoms with Crippen molar-refractivity contribution in [3.63, 3.8) is 0 Å². The largest absolute Gasteiger partial charge is 0.504 e. The van der Waals surface area contributed by atoms with Gasteiger partial charge in [-0.15, -0.1) is 0 Å². The Bertz CT molecular complexity index is 838. The lowest BCUT2D eigenvalue weighted by Gasteiger charge is -2.06. The van der Waals surface area contributed by atoms with Gasteiger partial charge < -0.3 is 14.9 Å². The number of ether oxygens (including phenoxy) is 1. The zero-order valence-electron chi connectivity index (χ0n) is 13.4. The highest BCUT2D eigenvalue weighted by molar-refractivity contribution is 7.89. The van der Waals surface area contributed by atoms with Crippen LogP contribution in [0.1, 0.15) is 5.56 Å². The molecule has 0 bridgehead atoms. The summed E-state index contributed by atoms with van der Waals surface area (Å²) in [5, 5.41) is 22.5. The van der Waals surface area contributed by atoms with Gasteiger partial charge >= 0.3 is 0 Å². The van der Waals surface area contributed by atoms with Crippen LogP contribution in [0.25, 0.3) is 0 Å². The highest BCUT2D eigenvalue weighted by atomic mass is 32.2. The molecular weight excluding hydrogens is 348 g/mol. The number of nitrogens with zero attached hydrogens (tertiary/aromatic N) is 2. The van der Waals surface area contributed by atoms with Crippen LogP contribution in [0.2, 0.25) is 0 Å². The molecule has 0 spiro atoms. The van der Waals surface area contributed by atoms with Crippen LogP contribution < -0.4 is 10.1 Å². The first-order valence-corrected chi connectivity index (χ1v) is 8.66. The first kappa shape index (κ1) is 18.6. The molecule has 10 heteroatoms. The van der Waals surface area contributed by atoms with Crippen molar-refractivity contribution in [2.45, 2.75) is 4.90 Å². The fourth-order valence-electron chi connectivity index (χ4n) is 1.76. The number of phenolic OH excluding ortho intramolecular Hbond substituents is 2. The minimum absolute atomic E-state index is 0.0292. The summed E-state index contributed by atoms with van der Waals surface area (Å²) in [6.45, 7) is 0.441. The number of hydrazone groups is 1. The van der Waals surface area contributed by atoms with Crippen molar-refractivity contribution in [1.82, 2.24) is 9.71 Å². The van der Waals surface area contributed by atoms with Gasteiger partial charge in [0.15, 0.2) is 11.5 Å². The second-order valence-electron chi connectivity index (χ2n) is 4.89. The quantitative estimate of drug-likeness (QED) is 0.236. The maximum atomic E-state index is 12.0. The average molecular weight is 366 g/mol. The number of pyridine rings is 1. The smallest absolute Gasteiger partial charge is 0.242 e. The average Bonchev–Trinajstić information content (AvgIpc) is 2.59. The van der Waals surface area contributed by atoms with Crippen LogP contribution in [-0.4, -0.2) is 50.1 Å². The van der Waals surface area contributed by atoms with Gasteiger partial charge in [0.25, 0.3) is 0 Å². The molecule has 0 saturated heterocycles. The van der Waals surface area contributed by atoms with Gasteiger partial charge in [-0.05, 0) is 35.9 Å². The number of hydrogen-bond acceptors (Lipinski definition) is 8. The van der Waals surface area contributed by atoms with E-state index in [4.69, 9.17) is 4.74 Å². The van der Waals surface area contributed by atoms with Crippen LogP contribution in [-0.2, 0) is 14.8 Å². The molecule has 4 N–H and O–H groups in total. The summed E-state index contributed by atoms with van der Waals surface area (Å²) in [7, 11) is -2.15. The molecule has 2 aromatic rings. The zero-order valence-corrected chi connectivity index (χ0v) is 14.2. The van der Waals surface area contributed by atoms with Crippen LogP contribution >= 0.6 is 0 Å². The topological polar surface area (TPSA) is 133 Å². The van der Waals surface area contributed by atoms with Gasteiger partial charge in [0.05, 0.1) is 12.8 Å². The van der Waals surface area contributed by atoms with Gasteiger partial charge in [-0.3, -0.25) is 5.43 Å². The molecule has 2 rings (SSSR count). The van der Waals surface area contributed by atoms with E-state index in [0.29, 0.717) is 11.4 Å². The predicted molar refractivity (Wildman–Crippen MR) is 92.3 cm³/mol. The number of hydrogen-bond donors (Lipinski definition) is 4. The van der Waals surface area contributed by atoms with E-state index < -0.39 is 10.0 Å². The van der Waals surface area contributed by atoms with Gasteiger partial charge in [-0.2, -0.15) is 5.10 Å². The van der Waals surface area contributed by atoms with Crippen molar-refractivity contribution in [3.05, 3.63) is 42.1 Å². The molecule has 0 fully saturated rings. The van der Waals surface area contributed by atoms with Crippen LogP contribution in [0.3, 0.4) is 0 Å². The van der Waals surface area contributed by atoms with E-state index in [1.807, 2.05) is 0 Å². The number of aromatic hydroxyl groups is 2. The highest BCUT2D eigenvalue weighted by Crippen LogP contribution is 2.24. The molecule has 1 heterocycles. The monoisotopic (exact) mass is 366 g/mol. The predicted octanol–water partition coefficient (Wildman–Crippen LogP) is 0.863. The van der Waals surface area contributed by atoms with Gasteiger partial charge in [0.1, 0.15) is 10.7 Å². The normalized spacial score (nSPS) is 11.7. The number of phenols is 2. The molecule has 0 aliphatic heterocycles. The number of nitrogens with one attached hydrogen (secondary N) is 2. The Morgan fingerprint density at radius 2 is 2.04 bits per heavy atom. The number of benzene rings is 1. The summed E-state index contributed by atoms with van der Waals surface area (Å²) in [6.07, 6.45) is 2.62. The SMILES string of the molecule is COCCNS(=O)(=O)c1ccc(N/N=C/c2ccc(O)c(O)c2)nc1. The Morgan fingerprint density at radius 3 is 2.68 bits per heavy atom. The van der Waals surface area contributed by atoms with Crippen molar-refractivity contribution >= 4 is 22.1 Å². The van der Waals surface area contributed by atoms with Crippen molar-refractivity contribution in [3.8, 4) is 11.5 Å². The molecule has 0 aliphatic rings. The van der Waals surface area contributed by atoms with Gasteiger partial charge in [-0.25, -0.2) is 18.1 Å². The molecule has 134 valence electrons. The molecule has 9 nitrogen and oxygen atoms in total. The van der Waals surface area contributed by atoms with Gasteiger partial charge in [0, 0.05) is 19.9 Å². The van der Waals surface area contributed by atoms with Crippen molar-refractivity contribution in [1.29, 1.82) is 0 Å². The molecule has 0 amide bonds. The van der Waals surface area contributed by atoms with Crippen LogP contribution in [0.5, 0.6) is 11.5 Å². The second kappa shape index (κ2) is 8.42. The Morgan fingerprint density at radius 1 is 1.24 bits per heavy atom. The van der Waals surface area contributed by atoms with E-state index in [1.54, 1.807) is 6.07 Å². The maximum Gasteiger partial charge on any atom is 0.242 e. The van der Waals surface area contributed by atoms with Crippen molar-refractivity contribution in [2.24, 2.45) is 5.10 Å². The Balaban J connectivity index is 1.98. The summed E-state index contributed by atoms with van der Waals surface area (Å²) >= 11 is 0. The molecule has 0 aliphatic carbocycles. The first-order chi connectivity index (χ1) is 11.9. The molecule has 0 saturated carbocycles. The third-order valence-electron chi connectivity index (χ3n) is 3.04. The standard InChI is InChI=1S/C15H18N4O5S/c1-24-7-6-18-25(22,23)12-3-5-15(16-10-12)19-17-9-11-2-4-13(20)14(21)8-11/h2-5,8-10,18,20-21H,6-7H2,1H3,(H,16,19)/b17-9+. The second-order valence-corrected chi connectivity index (χ2v) is 6.65. The molecule has 1 aromatic heterocycles. The van der Waals surface area contributed by atoms with Crippen molar-refractivity contribution < 1.29 is 23.4 Å². The molecule has 0 unspecified atom stereocenters. The Labute approximate surface area is 145 Å². The van der Waals surface area contributed by atoms with Gasteiger partial charge in [-0.1, -0.05) is 0 Å². The lowest BCUT2D eigenvalue weighted by atomic mass is 10.2. The number of aromatic nitrogens is 1. The summed E-state index contributed by atoms with van der Waals surface area (Å²) in [5.41, 5.74) is 3.20. The third-order valence-corrected chi connectivity index (χ3v) is 4.48. The van der Waals surface area contributed by atoms with Crippen LogP contribution in [0, 0.1) is 0 Å². The number of rotatable bonds is 8. The number of anilines is 1. The molecule has 25 heavy (non-hydrogen) atoms. The maximum absolute atomic E-state index is 12.0. The van der Waals surface area contributed by atoms with E-state index in [9.17, 15) is 18.6 Å². The zero-order chi connectivity index (χ0) is 18.3. The summed E-state index contributed by atoms with van der Waals surface area (Å²) in [4.78, 5) is 4.00. The lowest BCUT2D eigenvalue weighted by molar-refractivity contribution is 0.204. The van der Waals surface area contributed by atoms with E-state index in [1.165, 1.54) is 43.8 Å². The molecule has 0 atom stereocenters. The van der Waals surface area contributed by atoms with Crippen molar-refractivity contribution in [2.75, 3.05) is 25.7 Å². The molecule has 0 radical (unpaired) electrons. The molecular formula is C15H18N4O5S. The van der Waals surface area contributed by atoms with Crippen LogP contribution in [0.4, 0.5) is 5.82 Å². The Hall–Kier alpha value is -2.69. The highest BCUT2D eigenvalue weighted by Gasteiger charge is 2.13. The minimum Gasteiger partial charge on any atom is -0.504 e. The lowest BCUT2D eigenvalue weighted by Crippen LogP contribution is -2.27. The summed E-state index contributed by atoms with van der Waals surface area (Å²) < 4.78 is 31.1. The van der Waals surface area contributed by atoms with Gasteiger partial charge in [0.2, 0.25) is 10.0 Å². The summed E-state index contributed by atoms with van der Waals surface area (Å²) in [5.74, 6) is -0.129. The fraction of sp³-hybridized carbons (Fsp3) is 0.200.